The molecule has 6 N–H and O–H groups in total. The van der Waals surface area contributed by atoms with Gasteiger partial charge in [0.1, 0.15) is 30.2 Å². The van der Waals surface area contributed by atoms with Crippen molar-refractivity contribution in [3.8, 4) is 5.75 Å². The fraction of sp³-hybridized carbons (Fsp3) is 0.500. The minimum atomic E-state index is -1.45. The summed E-state index contributed by atoms with van der Waals surface area (Å²) in [5.41, 5.74) is 6.09. The topological polar surface area (TPSA) is 125 Å². The maximum absolute atomic E-state index is 9.77. The Morgan fingerprint density at radius 1 is 1.05 bits per heavy atom. The van der Waals surface area contributed by atoms with Crippen LogP contribution < -0.4 is 10.5 Å². The number of benzene rings is 1. The smallest absolute Gasteiger partial charge is 0.229 e. The SMILES string of the molecule is Nc1ccc(O[C@@H]2OC(CO)[C@H](O)[C@H](O)[C@@H]2O)cc1. The van der Waals surface area contributed by atoms with Crippen LogP contribution in [0.3, 0.4) is 0 Å². The fourth-order valence-corrected chi connectivity index (χ4v) is 1.85. The molecule has 0 bridgehead atoms. The van der Waals surface area contributed by atoms with E-state index < -0.39 is 37.3 Å². The Balaban J connectivity index is 2.08. The maximum atomic E-state index is 9.77. The van der Waals surface area contributed by atoms with Crippen LogP contribution in [0.25, 0.3) is 0 Å². The van der Waals surface area contributed by atoms with Crippen LogP contribution in [0.5, 0.6) is 5.75 Å². The van der Waals surface area contributed by atoms with Crippen LogP contribution in [0.4, 0.5) is 5.69 Å². The van der Waals surface area contributed by atoms with E-state index >= 15 is 0 Å². The zero-order chi connectivity index (χ0) is 14.0. The maximum Gasteiger partial charge on any atom is 0.229 e. The van der Waals surface area contributed by atoms with Gasteiger partial charge in [-0.2, -0.15) is 0 Å². The van der Waals surface area contributed by atoms with Gasteiger partial charge in [-0.15, -0.1) is 0 Å². The quantitative estimate of drug-likeness (QED) is 0.421. The molecule has 0 spiro atoms. The van der Waals surface area contributed by atoms with E-state index in [2.05, 4.69) is 0 Å². The van der Waals surface area contributed by atoms with Crippen molar-refractivity contribution in [1.82, 2.24) is 0 Å². The molecule has 5 atom stereocenters. The first-order valence-electron chi connectivity index (χ1n) is 5.85. The molecule has 1 saturated heterocycles. The molecule has 1 aliphatic heterocycles. The van der Waals surface area contributed by atoms with Crippen molar-refractivity contribution < 1.29 is 29.9 Å². The molecule has 0 aromatic heterocycles. The summed E-state index contributed by atoms with van der Waals surface area (Å²) in [5, 5.41) is 38.0. The van der Waals surface area contributed by atoms with Crippen LogP contribution in [0, 0.1) is 0 Å². The number of nitrogen functional groups attached to an aromatic ring is 1. The van der Waals surface area contributed by atoms with E-state index in [4.69, 9.17) is 20.3 Å². The molecular weight excluding hydrogens is 254 g/mol. The molecule has 1 aliphatic rings. The van der Waals surface area contributed by atoms with E-state index in [1.54, 1.807) is 24.3 Å². The average Bonchev–Trinajstić information content (AvgIpc) is 2.42. The third-order valence-electron chi connectivity index (χ3n) is 2.98. The second kappa shape index (κ2) is 5.72. The van der Waals surface area contributed by atoms with Crippen LogP contribution >= 0.6 is 0 Å². The third-order valence-corrected chi connectivity index (χ3v) is 2.98. The lowest BCUT2D eigenvalue weighted by molar-refractivity contribution is -0.277. The van der Waals surface area contributed by atoms with E-state index in [0.29, 0.717) is 11.4 Å². The van der Waals surface area contributed by atoms with Gasteiger partial charge in [-0.1, -0.05) is 0 Å². The molecule has 1 fully saturated rings. The van der Waals surface area contributed by atoms with Crippen LogP contribution in [-0.4, -0.2) is 57.7 Å². The number of rotatable bonds is 3. The molecule has 106 valence electrons. The normalized spacial score (nSPS) is 35.1. The molecule has 7 nitrogen and oxygen atoms in total. The summed E-state index contributed by atoms with van der Waals surface area (Å²) < 4.78 is 10.6. The molecule has 0 saturated carbocycles. The minimum absolute atomic E-state index is 0.388. The number of aliphatic hydroxyl groups is 4. The Labute approximate surface area is 109 Å². The molecule has 0 radical (unpaired) electrons. The number of hydrogen-bond donors (Lipinski definition) is 5. The predicted octanol–water partition coefficient (Wildman–Crippen LogP) is -1.55. The van der Waals surface area contributed by atoms with Gasteiger partial charge in [0, 0.05) is 5.69 Å². The number of nitrogens with two attached hydrogens (primary N) is 1. The van der Waals surface area contributed by atoms with E-state index in [1.165, 1.54) is 0 Å². The number of anilines is 1. The molecule has 1 heterocycles. The molecule has 2 rings (SSSR count). The largest absolute Gasteiger partial charge is 0.462 e. The van der Waals surface area contributed by atoms with Crippen molar-refractivity contribution in [3.05, 3.63) is 24.3 Å². The van der Waals surface area contributed by atoms with E-state index in [1.807, 2.05) is 0 Å². The highest BCUT2D eigenvalue weighted by Crippen LogP contribution is 2.24. The summed E-state index contributed by atoms with van der Waals surface area (Å²) in [6.45, 7) is -0.494. The van der Waals surface area contributed by atoms with E-state index in [9.17, 15) is 15.3 Å². The van der Waals surface area contributed by atoms with Gasteiger partial charge in [-0.05, 0) is 24.3 Å². The first kappa shape index (κ1) is 14.0. The minimum Gasteiger partial charge on any atom is -0.462 e. The first-order valence-corrected chi connectivity index (χ1v) is 5.85. The molecular formula is C12H17NO6. The molecule has 1 aromatic rings. The molecule has 0 aliphatic carbocycles. The van der Waals surface area contributed by atoms with Gasteiger partial charge in [0.15, 0.2) is 0 Å². The second-order valence-electron chi connectivity index (χ2n) is 4.38. The van der Waals surface area contributed by atoms with Crippen LogP contribution in [0.2, 0.25) is 0 Å². The molecule has 1 unspecified atom stereocenters. The van der Waals surface area contributed by atoms with Crippen molar-refractivity contribution in [2.75, 3.05) is 12.3 Å². The monoisotopic (exact) mass is 271 g/mol. The zero-order valence-electron chi connectivity index (χ0n) is 10.1. The van der Waals surface area contributed by atoms with Gasteiger partial charge >= 0.3 is 0 Å². The predicted molar refractivity (Wildman–Crippen MR) is 65.2 cm³/mol. The van der Waals surface area contributed by atoms with Crippen molar-refractivity contribution in [2.24, 2.45) is 0 Å². The van der Waals surface area contributed by atoms with Crippen LogP contribution in [-0.2, 0) is 4.74 Å². The van der Waals surface area contributed by atoms with E-state index in [-0.39, 0.29) is 0 Å². The second-order valence-corrected chi connectivity index (χ2v) is 4.38. The summed E-state index contributed by atoms with van der Waals surface area (Å²) in [6, 6.07) is 6.38. The number of aliphatic hydroxyl groups excluding tert-OH is 4. The highest BCUT2D eigenvalue weighted by molar-refractivity contribution is 5.41. The average molecular weight is 271 g/mol. The van der Waals surface area contributed by atoms with Crippen molar-refractivity contribution >= 4 is 5.69 Å². The summed E-state index contributed by atoms with van der Waals surface area (Å²) in [7, 11) is 0. The van der Waals surface area contributed by atoms with E-state index in [0.717, 1.165) is 0 Å². The Morgan fingerprint density at radius 3 is 2.26 bits per heavy atom. The summed E-state index contributed by atoms with van der Waals surface area (Å²) in [4.78, 5) is 0. The summed E-state index contributed by atoms with van der Waals surface area (Å²) >= 11 is 0. The van der Waals surface area contributed by atoms with Gasteiger partial charge in [-0.3, -0.25) is 0 Å². The van der Waals surface area contributed by atoms with Gasteiger partial charge in [0.2, 0.25) is 6.29 Å². The lowest BCUT2D eigenvalue weighted by Crippen LogP contribution is -2.60. The standard InChI is InChI=1S/C12H17NO6/c13-6-1-3-7(4-2-6)18-12-11(17)10(16)9(15)8(5-14)19-12/h1-4,8-12,14-17H,5,13H2/t8?,9-,10-,11-,12+/m0/s1. The Morgan fingerprint density at radius 2 is 1.68 bits per heavy atom. The van der Waals surface area contributed by atoms with Gasteiger partial charge in [0.05, 0.1) is 6.61 Å². The van der Waals surface area contributed by atoms with Crippen molar-refractivity contribution in [3.63, 3.8) is 0 Å². The van der Waals surface area contributed by atoms with Gasteiger partial charge < -0.3 is 35.6 Å². The summed E-state index contributed by atoms with van der Waals surface area (Å²) in [6.07, 6.45) is -6.44. The summed E-state index contributed by atoms with van der Waals surface area (Å²) in [5.74, 6) is 0.388. The lowest BCUT2D eigenvalue weighted by atomic mass is 9.99. The van der Waals surface area contributed by atoms with Gasteiger partial charge in [-0.25, -0.2) is 0 Å². The molecule has 1 aromatic carbocycles. The molecule has 19 heavy (non-hydrogen) atoms. The van der Waals surface area contributed by atoms with Crippen molar-refractivity contribution in [1.29, 1.82) is 0 Å². The number of ether oxygens (including phenoxy) is 2. The lowest BCUT2D eigenvalue weighted by Gasteiger charge is -2.39. The Kier molecular flexibility index (Phi) is 4.23. The van der Waals surface area contributed by atoms with Crippen molar-refractivity contribution in [2.45, 2.75) is 30.7 Å². The Hall–Kier alpha value is -1.38. The third kappa shape index (κ3) is 2.96. The first-order chi connectivity index (χ1) is 9.02. The van der Waals surface area contributed by atoms with Crippen LogP contribution in [0.1, 0.15) is 0 Å². The van der Waals surface area contributed by atoms with Crippen LogP contribution in [0.15, 0.2) is 24.3 Å². The highest BCUT2D eigenvalue weighted by atomic mass is 16.7. The fourth-order valence-electron chi connectivity index (χ4n) is 1.85. The zero-order valence-corrected chi connectivity index (χ0v) is 10.1. The number of hydrogen-bond acceptors (Lipinski definition) is 7. The Bertz CT molecular complexity index is 409. The molecule has 7 heteroatoms. The van der Waals surface area contributed by atoms with Gasteiger partial charge in [0.25, 0.3) is 0 Å². The molecule has 0 amide bonds. The highest BCUT2D eigenvalue weighted by Gasteiger charge is 2.44.